The van der Waals surface area contributed by atoms with Crippen LogP contribution in [0.5, 0.6) is 0 Å². The van der Waals surface area contributed by atoms with Crippen LogP contribution in [0.25, 0.3) is 123 Å². The minimum Gasteiger partial charge on any atom is -0.305 e. The maximum atomic E-state index is 4.81. The van der Waals surface area contributed by atoms with Gasteiger partial charge in [-0.25, -0.2) is 0 Å². The molecule has 0 N–H and O–H groups in total. The summed E-state index contributed by atoms with van der Waals surface area (Å²) in [6, 6.07) is 144. The fourth-order valence-corrected chi connectivity index (χ4v) is 22.5. The molecule has 4 radical (unpaired) electrons. The van der Waals surface area contributed by atoms with Crippen LogP contribution in [0.1, 0.15) is 47.2 Å². The van der Waals surface area contributed by atoms with E-state index in [1.165, 1.54) is 87.5 Å². The Hall–Kier alpha value is -11.9. The standard InChI is InChI=1S/C22H24NSi.C21H22NSi.C20H20NSi.C20H28NSi.4C11H8N.4Ir/c1-16-17(2)22(23-15-21(16)24(3,4)5)20-13-9-12-19(14-20)18-10-7-6-8-11-18;1-16-13-20(22-15-21(16)23(2,3)4)19-12-8-11-18(14-19)17-9-6-5-7-10-17;1-22(2,3)20-15-21-19(17-12-8-5-9-13-17)14-18(20)16-10-6-4-7-11-16;1-14(2)8-18-12-19(21-13-20(18)22(5,6)7)17-10-15(3)9-16(4)11-17;4*1-2-6-10(7-3-1)11-8-4-5-9-12-11;;;;/h6-12,14-15H,1-5H3;5-11,13-15H,1-4H3;4-12,14-15H,1-3H3;9-10,12-14H,8H2,1-7H3;4*1-6,8-9H;;;;/q8*-1;;;;. The van der Waals surface area contributed by atoms with Crippen molar-refractivity contribution < 1.29 is 80.4 Å². The van der Waals surface area contributed by atoms with E-state index in [1.54, 1.807) is 24.8 Å². The van der Waals surface area contributed by atoms with E-state index >= 15 is 0 Å². The quantitative estimate of drug-likeness (QED) is 0.0656. The average molecular weight is 2650 g/mol. The number of aryl methyl sites for hydroxylation is 3. The number of benzene rings is 11. The van der Waals surface area contributed by atoms with Gasteiger partial charge in [0.25, 0.3) is 0 Å². The van der Waals surface area contributed by atoms with E-state index in [4.69, 9.17) is 19.9 Å². The molecular weight excluding hydrogens is 2520 g/mol. The summed E-state index contributed by atoms with van der Waals surface area (Å²) in [6.07, 6.45) is 16.6. The zero-order chi connectivity index (χ0) is 98.7. The van der Waals surface area contributed by atoms with Crippen LogP contribution in [-0.4, -0.2) is 72.2 Å². The summed E-state index contributed by atoms with van der Waals surface area (Å²) in [5, 5.41) is 5.77. The van der Waals surface area contributed by atoms with Crippen LogP contribution < -0.4 is 20.7 Å². The molecule has 8 nitrogen and oxygen atoms in total. The molecule has 8 aromatic heterocycles. The number of aromatic nitrogens is 8. The molecule has 0 spiro atoms. The molecule has 19 aromatic rings. The van der Waals surface area contributed by atoms with Crippen molar-refractivity contribution in [2.75, 3.05) is 0 Å². The molecular formula is C127H126Ir4N8Si4-8. The van der Waals surface area contributed by atoms with Crippen molar-refractivity contribution in [3.05, 3.63) is 483 Å². The summed E-state index contributed by atoms with van der Waals surface area (Å²) in [5.74, 6) is 0.661. The molecule has 0 saturated heterocycles. The monoisotopic (exact) mass is 2650 g/mol. The largest absolute Gasteiger partial charge is 0.305 e. The molecule has 143 heavy (non-hydrogen) atoms. The van der Waals surface area contributed by atoms with Crippen LogP contribution >= 0.6 is 0 Å². The summed E-state index contributed by atoms with van der Waals surface area (Å²) < 4.78 is 0. The van der Waals surface area contributed by atoms with Crippen LogP contribution in [0, 0.1) is 89.1 Å². The summed E-state index contributed by atoms with van der Waals surface area (Å²) in [7, 11) is -5.53. The van der Waals surface area contributed by atoms with Crippen LogP contribution in [0.2, 0.25) is 78.6 Å². The van der Waals surface area contributed by atoms with Gasteiger partial charge >= 0.3 is 0 Å². The molecule has 0 bridgehead atoms. The van der Waals surface area contributed by atoms with E-state index in [0.29, 0.717) is 5.92 Å². The van der Waals surface area contributed by atoms with Gasteiger partial charge in [-0.1, -0.05) is 286 Å². The topological polar surface area (TPSA) is 103 Å². The van der Waals surface area contributed by atoms with Gasteiger partial charge in [0.15, 0.2) is 0 Å². The molecule has 16 heteroatoms. The Morgan fingerprint density at radius 1 is 0.245 bits per heavy atom. The smallest absolute Gasteiger partial charge is 0.0803 e. The summed E-state index contributed by atoms with van der Waals surface area (Å²) in [6.45, 7) is 43.9. The average Bonchev–Trinajstić information content (AvgIpc) is 0.832. The van der Waals surface area contributed by atoms with Crippen molar-refractivity contribution in [1.29, 1.82) is 0 Å². The molecule has 0 amide bonds. The van der Waals surface area contributed by atoms with Crippen molar-refractivity contribution in [1.82, 2.24) is 39.9 Å². The van der Waals surface area contributed by atoms with Crippen molar-refractivity contribution in [2.45, 2.75) is 133 Å². The molecule has 0 aliphatic rings. The Balaban J connectivity index is 0.000000202. The van der Waals surface area contributed by atoms with E-state index in [0.717, 1.165) is 96.5 Å². The molecule has 8 heterocycles. The number of pyridine rings is 8. The van der Waals surface area contributed by atoms with Gasteiger partial charge in [-0.15, -0.1) is 285 Å². The minimum absolute atomic E-state index is 0. The first-order chi connectivity index (χ1) is 66.9. The summed E-state index contributed by atoms with van der Waals surface area (Å²) in [5.41, 5.74) is 31.8. The number of hydrogen-bond acceptors (Lipinski definition) is 8. The van der Waals surface area contributed by atoms with Gasteiger partial charge in [0.05, 0.1) is 32.3 Å². The molecule has 0 atom stereocenters. The fourth-order valence-electron chi connectivity index (χ4n) is 15.9. The summed E-state index contributed by atoms with van der Waals surface area (Å²) in [4.78, 5) is 35.9. The van der Waals surface area contributed by atoms with E-state index < -0.39 is 32.3 Å². The third-order valence-electron chi connectivity index (χ3n) is 23.0. The van der Waals surface area contributed by atoms with Crippen molar-refractivity contribution in [3.8, 4) is 123 Å². The number of rotatable bonds is 17. The van der Waals surface area contributed by atoms with Crippen LogP contribution in [0.4, 0.5) is 0 Å². The maximum Gasteiger partial charge on any atom is 0.0803 e. The van der Waals surface area contributed by atoms with E-state index in [-0.39, 0.29) is 80.4 Å². The minimum atomic E-state index is -1.46. The van der Waals surface area contributed by atoms with Gasteiger partial charge in [0.2, 0.25) is 0 Å². The van der Waals surface area contributed by atoms with Gasteiger partial charge in [-0.05, 0) is 146 Å². The molecule has 734 valence electrons. The second kappa shape index (κ2) is 57.5. The second-order valence-corrected chi connectivity index (χ2v) is 58.8. The number of nitrogens with zero attached hydrogens (tertiary/aromatic N) is 8. The van der Waals surface area contributed by atoms with Crippen molar-refractivity contribution in [2.24, 2.45) is 5.92 Å². The number of hydrogen-bond donors (Lipinski definition) is 0. The Morgan fingerprint density at radius 3 is 0.930 bits per heavy atom. The molecule has 0 aliphatic heterocycles. The Bertz CT molecular complexity index is 6510. The third kappa shape index (κ3) is 35.8. The second-order valence-electron chi connectivity index (χ2n) is 38.7. The van der Waals surface area contributed by atoms with Crippen LogP contribution in [0.3, 0.4) is 0 Å². The molecule has 11 aromatic carbocycles. The van der Waals surface area contributed by atoms with Crippen LogP contribution in [-0.2, 0) is 86.8 Å². The van der Waals surface area contributed by atoms with Gasteiger partial charge < -0.3 is 39.9 Å². The zero-order valence-electron chi connectivity index (χ0n) is 85.3. The van der Waals surface area contributed by atoms with Crippen LogP contribution in [0.15, 0.2) is 401 Å². The molecule has 0 aliphatic carbocycles. The molecule has 0 saturated carbocycles. The van der Waals surface area contributed by atoms with Gasteiger partial charge in [-0.2, -0.15) is 0 Å². The first kappa shape index (κ1) is 116. The Morgan fingerprint density at radius 2 is 0.573 bits per heavy atom. The van der Waals surface area contributed by atoms with Gasteiger partial charge in [0.1, 0.15) is 0 Å². The third-order valence-corrected chi connectivity index (χ3v) is 31.3. The summed E-state index contributed by atoms with van der Waals surface area (Å²) >= 11 is 0. The Kier molecular flexibility index (Phi) is 46.8. The molecule has 0 unspecified atom stereocenters. The van der Waals surface area contributed by atoms with E-state index in [9.17, 15) is 0 Å². The molecule has 0 fully saturated rings. The first-order valence-electron chi connectivity index (χ1n) is 47.6. The zero-order valence-corrected chi connectivity index (χ0v) is 98.9. The van der Waals surface area contributed by atoms with Gasteiger partial charge in [0, 0.05) is 130 Å². The first-order valence-corrected chi connectivity index (χ1v) is 61.6. The Labute approximate surface area is 910 Å². The predicted molar refractivity (Wildman–Crippen MR) is 599 cm³/mol. The molecule has 19 rings (SSSR count). The van der Waals surface area contributed by atoms with Crippen molar-refractivity contribution in [3.63, 3.8) is 0 Å². The fraction of sp³-hybridized carbons (Fsp3) is 0.165. The van der Waals surface area contributed by atoms with E-state index in [2.05, 4.69) is 360 Å². The van der Waals surface area contributed by atoms with E-state index in [1.807, 2.05) is 212 Å². The maximum absolute atomic E-state index is 4.81. The van der Waals surface area contributed by atoms with Gasteiger partial charge in [-0.3, -0.25) is 0 Å². The SMILES string of the molecule is C[Si](C)(C)c1cnc(-c2[c-]cccc2)cc1-c1ccccc1.Cc1[c-]c(-c2cc(CC(C)C)c([Si](C)(C)C)cn2)cc(C)c1.Cc1c([Si](C)(C)C)cnc(-c2[c-]ccc(-c3ccccc3)c2)c1C.Cc1cc(-c2[c-]ccc(-c3ccccc3)c2)ncc1[Si](C)(C)C.[Ir].[Ir].[Ir].[Ir].[c-]1ccccc1-c1ccccn1.[c-]1ccccc1-c1ccccn1.[c-]1ccccc1-c1ccccn1.[c-]1ccccc1-c1ccccn1. The van der Waals surface area contributed by atoms with Crippen molar-refractivity contribution >= 4 is 53.0 Å². The normalized spacial score (nSPS) is 10.6. The predicted octanol–water partition coefficient (Wildman–Crippen LogP) is 30.3.